The van der Waals surface area contributed by atoms with Gasteiger partial charge in [0.2, 0.25) is 0 Å². The third kappa shape index (κ3) is 4.12. The Labute approximate surface area is 106 Å². The summed E-state index contributed by atoms with van der Waals surface area (Å²) >= 11 is 3.20. The molecule has 0 aliphatic rings. The Bertz CT molecular complexity index is 322. The first-order valence-corrected chi connectivity index (χ1v) is 6.68. The lowest BCUT2D eigenvalue weighted by Crippen LogP contribution is -2.18. The molecule has 0 spiro atoms. The van der Waals surface area contributed by atoms with Gasteiger partial charge in [-0.1, -0.05) is 26.7 Å². The van der Waals surface area contributed by atoms with E-state index >= 15 is 0 Å². The molecule has 0 atom stereocenters. The van der Waals surface area contributed by atoms with Gasteiger partial charge >= 0.3 is 0 Å². The van der Waals surface area contributed by atoms with Crippen molar-refractivity contribution in [1.82, 2.24) is 0 Å². The predicted molar refractivity (Wildman–Crippen MR) is 71.3 cm³/mol. The van der Waals surface area contributed by atoms with Crippen molar-refractivity contribution in [2.45, 2.75) is 45.6 Å². The quantitative estimate of drug-likeness (QED) is 0.779. The zero-order valence-corrected chi connectivity index (χ0v) is 11.5. The molecule has 0 aliphatic carbocycles. The van der Waals surface area contributed by atoms with Crippen molar-refractivity contribution in [3.63, 3.8) is 0 Å². The van der Waals surface area contributed by atoms with Crippen molar-refractivity contribution in [2.24, 2.45) is 0 Å². The molecule has 1 aromatic rings. The Morgan fingerprint density at radius 3 is 2.38 bits per heavy atom. The smallest absolute Gasteiger partial charge is 0.137 e. The number of rotatable bonds is 6. The molecule has 0 saturated heterocycles. The molecule has 1 N–H and O–H groups in total. The van der Waals surface area contributed by atoms with Gasteiger partial charge in [0, 0.05) is 11.7 Å². The first kappa shape index (κ1) is 13.5. The first-order valence-electron chi connectivity index (χ1n) is 5.89. The van der Waals surface area contributed by atoms with E-state index < -0.39 is 0 Å². The van der Waals surface area contributed by atoms with Crippen molar-refractivity contribution in [3.05, 3.63) is 28.5 Å². The highest BCUT2D eigenvalue weighted by Crippen LogP contribution is 2.22. The molecule has 16 heavy (non-hydrogen) atoms. The minimum absolute atomic E-state index is 0.215. The second-order valence-corrected chi connectivity index (χ2v) is 4.90. The van der Waals surface area contributed by atoms with Crippen LogP contribution in [0, 0.1) is 5.82 Å². The normalized spacial score (nSPS) is 10.8. The van der Waals surface area contributed by atoms with E-state index in [-0.39, 0.29) is 5.82 Å². The van der Waals surface area contributed by atoms with Crippen LogP contribution in [0.2, 0.25) is 0 Å². The molecule has 0 aromatic heterocycles. The van der Waals surface area contributed by atoms with E-state index in [9.17, 15) is 4.39 Å². The number of nitrogens with one attached hydrogen (secondary N) is 1. The van der Waals surface area contributed by atoms with E-state index in [2.05, 4.69) is 35.1 Å². The van der Waals surface area contributed by atoms with Gasteiger partial charge in [0.25, 0.3) is 0 Å². The van der Waals surface area contributed by atoms with E-state index in [0.29, 0.717) is 10.5 Å². The summed E-state index contributed by atoms with van der Waals surface area (Å²) in [6, 6.07) is 5.57. The summed E-state index contributed by atoms with van der Waals surface area (Å²) in [7, 11) is 0. The summed E-state index contributed by atoms with van der Waals surface area (Å²) < 4.78 is 13.6. The fraction of sp³-hybridized carbons (Fsp3) is 0.538. The summed E-state index contributed by atoms with van der Waals surface area (Å²) in [6.07, 6.45) is 4.64. The SMILES string of the molecule is CCCC(CCC)Nc1ccc(F)c(Br)c1. The van der Waals surface area contributed by atoms with Gasteiger partial charge in [0.1, 0.15) is 5.82 Å². The molecule has 0 bridgehead atoms. The molecule has 0 radical (unpaired) electrons. The van der Waals surface area contributed by atoms with E-state index in [4.69, 9.17) is 0 Å². The Hall–Kier alpha value is -0.570. The van der Waals surface area contributed by atoms with Crippen LogP contribution < -0.4 is 5.32 Å². The molecule has 0 aliphatic heterocycles. The molecule has 0 saturated carbocycles. The van der Waals surface area contributed by atoms with Gasteiger partial charge in [-0.3, -0.25) is 0 Å². The van der Waals surface area contributed by atoms with Gasteiger partial charge in [-0.15, -0.1) is 0 Å². The molecular formula is C13H19BrFN. The van der Waals surface area contributed by atoms with Gasteiger partial charge < -0.3 is 5.32 Å². The van der Waals surface area contributed by atoms with Crippen LogP contribution in [0.25, 0.3) is 0 Å². The number of halogens is 2. The fourth-order valence-electron chi connectivity index (χ4n) is 1.81. The topological polar surface area (TPSA) is 12.0 Å². The average Bonchev–Trinajstić information content (AvgIpc) is 2.24. The van der Waals surface area contributed by atoms with Crippen LogP contribution in [-0.4, -0.2) is 6.04 Å². The predicted octanol–water partition coefficient (Wildman–Crippen LogP) is 4.97. The van der Waals surface area contributed by atoms with Crippen LogP contribution in [0.3, 0.4) is 0 Å². The van der Waals surface area contributed by atoms with Crippen molar-refractivity contribution in [3.8, 4) is 0 Å². The molecule has 90 valence electrons. The van der Waals surface area contributed by atoms with Crippen LogP contribution in [0.1, 0.15) is 39.5 Å². The summed E-state index contributed by atoms with van der Waals surface area (Å²) in [4.78, 5) is 0. The lowest BCUT2D eigenvalue weighted by Gasteiger charge is -2.18. The van der Waals surface area contributed by atoms with Crippen molar-refractivity contribution >= 4 is 21.6 Å². The zero-order valence-electron chi connectivity index (χ0n) is 9.89. The molecule has 1 rings (SSSR count). The second kappa shape index (κ2) is 6.89. The number of hydrogen-bond donors (Lipinski definition) is 1. The van der Waals surface area contributed by atoms with E-state index in [0.717, 1.165) is 18.5 Å². The monoisotopic (exact) mass is 287 g/mol. The van der Waals surface area contributed by atoms with E-state index in [1.807, 2.05) is 0 Å². The van der Waals surface area contributed by atoms with E-state index in [1.165, 1.54) is 18.9 Å². The molecule has 0 fully saturated rings. The van der Waals surface area contributed by atoms with Gasteiger partial charge in [0.15, 0.2) is 0 Å². The minimum Gasteiger partial charge on any atom is -0.382 e. The molecular weight excluding hydrogens is 269 g/mol. The maximum atomic E-state index is 13.1. The molecule has 3 heteroatoms. The third-order valence-electron chi connectivity index (χ3n) is 2.56. The number of benzene rings is 1. The van der Waals surface area contributed by atoms with Crippen molar-refractivity contribution in [2.75, 3.05) is 5.32 Å². The summed E-state index contributed by atoms with van der Waals surface area (Å²) in [6.45, 7) is 4.37. The second-order valence-electron chi connectivity index (χ2n) is 4.05. The highest BCUT2D eigenvalue weighted by molar-refractivity contribution is 9.10. The Kier molecular flexibility index (Phi) is 5.81. The summed E-state index contributed by atoms with van der Waals surface area (Å²) in [5.41, 5.74) is 0.986. The first-order chi connectivity index (χ1) is 7.67. The molecule has 0 amide bonds. The number of hydrogen-bond acceptors (Lipinski definition) is 1. The van der Waals surface area contributed by atoms with Crippen LogP contribution in [-0.2, 0) is 0 Å². The molecule has 0 unspecified atom stereocenters. The third-order valence-corrected chi connectivity index (χ3v) is 3.17. The highest BCUT2D eigenvalue weighted by Gasteiger charge is 2.07. The van der Waals surface area contributed by atoms with Gasteiger partial charge in [-0.2, -0.15) is 0 Å². The van der Waals surface area contributed by atoms with Crippen LogP contribution in [0.4, 0.5) is 10.1 Å². The zero-order chi connectivity index (χ0) is 12.0. The minimum atomic E-state index is -0.215. The van der Waals surface area contributed by atoms with Gasteiger partial charge in [0.05, 0.1) is 4.47 Å². The lowest BCUT2D eigenvalue weighted by atomic mass is 10.1. The highest BCUT2D eigenvalue weighted by atomic mass is 79.9. The molecule has 0 heterocycles. The standard InChI is InChI=1S/C13H19BrFN/c1-3-5-10(6-4-2)16-11-7-8-13(15)12(14)9-11/h7-10,16H,3-6H2,1-2H3. The maximum Gasteiger partial charge on any atom is 0.137 e. The van der Waals surface area contributed by atoms with Crippen molar-refractivity contribution in [1.29, 1.82) is 0 Å². The van der Waals surface area contributed by atoms with Crippen LogP contribution in [0.5, 0.6) is 0 Å². The molecule has 1 aromatic carbocycles. The Morgan fingerprint density at radius 1 is 1.25 bits per heavy atom. The van der Waals surface area contributed by atoms with Gasteiger partial charge in [-0.25, -0.2) is 4.39 Å². The van der Waals surface area contributed by atoms with Crippen LogP contribution in [0.15, 0.2) is 22.7 Å². The molecule has 1 nitrogen and oxygen atoms in total. The largest absolute Gasteiger partial charge is 0.382 e. The van der Waals surface area contributed by atoms with Gasteiger partial charge in [-0.05, 0) is 47.0 Å². The van der Waals surface area contributed by atoms with Crippen molar-refractivity contribution < 1.29 is 4.39 Å². The Balaban J connectivity index is 2.65. The maximum absolute atomic E-state index is 13.1. The fourth-order valence-corrected chi connectivity index (χ4v) is 2.19. The average molecular weight is 288 g/mol. The van der Waals surface area contributed by atoms with Crippen LogP contribution >= 0.6 is 15.9 Å². The summed E-state index contributed by atoms with van der Waals surface area (Å²) in [5, 5.41) is 3.45. The number of anilines is 1. The summed E-state index contributed by atoms with van der Waals surface area (Å²) in [5.74, 6) is -0.215. The lowest BCUT2D eigenvalue weighted by molar-refractivity contribution is 0.585. The Morgan fingerprint density at radius 2 is 1.88 bits per heavy atom. The van der Waals surface area contributed by atoms with E-state index in [1.54, 1.807) is 12.1 Å².